The summed E-state index contributed by atoms with van der Waals surface area (Å²) in [7, 11) is 0. The molecule has 3 N–H and O–H groups in total. The number of carbonyl (C=O) groups is 2. The smallest absolute Gasteiger partial charge is 0.371 e. The van der Waals surface area contributed by atoms with Crippen LogP contribution >= 0.6 is 0 Å². The Kier molecular flexibility index (Phi) is 1.82. The number of aromatic carboxylic acids is 2. The van der Waals surface area contributed by atoms with Crippen LogP contribution in [0, 0.1) is 6.92 Å². The third-order valence-corrected chi connectivity index (χ3v) is 1.29. The first-order valence-corrected chi connectivity index (χ1v) is 3.05. The van der Waals surface area contributed by atoms with Crippen LogP contribution in [-0.4, -0.2) is 32.1 Å². The van der Waals surface area contributed by atoms with Gasteiger partial charge in [0, 0.05) is 5.69 Å². The Hall–Kier alpha value is -1.85. The second-order valence-corrected chi connectivity index (χ2v) is 2.17. The van der Waals surface area contributed by atoms with Crippen LogP contribution in [0.1, 0.15) is 26.8 Å². The third-order valence-electron chi connectivity index (χ3n) is 1.29. The number of carboxylic acid groups (broad SMARTS) is 2. The van der Waals surface area contributed by atoms with Gasteiger partial charge in [-0.2, -0.15) is 0 Å². The zero-order chi connectivity index (χ0) is 9.30. The molecule has 64 valence electrons. The standard InChI is InChI=1S/C6H6N2O4/c1-2-3(5(9)10)8-4(7-2)6(11)12/h1H3,(H,7,8)(H,9,10)(H,11,12). The minimum atomic E-state index is -1.27. The van der Waals surface area contributed by atoms with E-state index in [1.807, 2.05) is 0 Å². The number of carboxylic acids is 2. The molecule has 0 aliphatic heterocycles. The van der Waals surface area contributed by atoms with Crippen molar-refractivity contribution in [1.29, 1.82) is 0 Å². The second-order valence-electron chi connectivity index (χ2n) is 2.17. The van der Waals surface area contributed by atoms with Gasteiger partial charge >= 0.3 is 11.9 Å². The highest BCUT2D eigenvalue weighted by Crippen LogP contribution is 2.04. The zero-order valence-corrected chi connectivity index (χ0v) is 6.16. The van der Waals surface area contributed by atoms with Crippen molar-refractivity contribution in [2.75, 3.05) is 0 Å². The average Bonchev–Trinajstić information content (AvgIpc) is 2.30. The molecular formula is C6H6N2O4. The minimum absolute atomic E-state index is 0.236. The number of hydrogen-bond acceptors (Lipinski definition) is 3. The van der Waals surface area contributed by atoms with Gasteiger partial charge in [0.25, 0.3) is 0 Å². The van der Waals surface area contributed by atoms with E-state index in [9.17, 15) is 9.59 Å². The van der Waals surface area contributed by atoms with Gasteiger partial charge in [0.2, 0.25) is 5.82 Å². The molecule has 0 bridgehead atoms. The van der Waals surface area contributed by atoms with Crippen molar-refractivity contribution in [2.45, 2.75) is 6.92 Å². The molecule has 6 heteroatoms. The van der Waals surface area contributed by atoms with Crippen LogP contribution in [0.25, 0.3) is 0 Å². The van der Waals surface area contributed by atoms with Gasteiger partial charge in [0.1, 0.15) is 0 Å². The molecule has 6 nitrogen and oxygen atoms in total. The summed E-state index contributed by atoms with van der Waals surface area (Å²) >= 11 is 0. The van der Waals surface area contributed by atoms with Gasteiger partial charge in [-0.15, -0.1) is 0 Å². The Morgan fingerprint density at radius 1 is 1.33 bits per heavy atom. The summed E-state index contributed by atoms with van der Waals surface area (Å²) < 4.78 is 0. The first kappa shape index (κ1) is 8.25. The molecule has 0 aliphatic carbocycles. The molecule has 0 saturated heterocycles. The Morgan fingerprint density at radius 3 is 2.17 bits per heavy atom. The SMILES string of the molecule is Cc1[nH]c(C(=O)O)nc1C(=O)O. The topological polar surface area (TPSA) is 103 Å². The predicted octanol–water partition coefficient (Wildman–Crippen LogP) is 0.115. The van der Waals surface area contributed by atoms with Crippen LogP contribution in [0.4, 0.5) is 0 Å². The van der Waals surface area contributed by atoms with E-state index in [-0.39, 0.29) is 17.2 Å². The number of aromatic nitrogens is 2. The lowest BCUT2D eigenvalue weighted by atomic mass is 10.4. The van der Waals surface area contributed by atoms with E-state index in [1.54, 1.807) is 0 Å². The van der Waals surface area contributed by atoms with Crippen molar-refractivity contribution < 1.29 is 19.8 Å². The predicted molar refractivity (Wildman–Crippen MR) is 37.2 cm³/mol. The summed E-state index contributed by atoms with van der Waals surface area (Å²) in [6, 6.07) is 0. The first-order chi connectivity index (χ1) is 5.52. The molecular weight excluding hydrogens is 164 g/mol. The number of nitrogens with zero attached hydrogens (tertiary/aromatic N) is 1. The number of H-pyrrole nitrogens is 1. The maximum absolute atomic E-state index is 10.4. The monoisotopic (exact) mass is 170 g/mol. The highest BCUT2D eigenvalue weighted by molar-refractivity contribution is 5.90. The lowest BCUT2D eigenvalue weighted by Gasteiger charge is -1.84. The third kappa shape index (κ3) is 1.26. The largest absolute Gasteiger partial charge is 0.476 e. The fourth-order valence-electron chi connectivity index (χ4n) is 0.770. The van der Waals surface area contributed by atoms with Gasteiger partial charge in [-0.05, 0) is 6.92 Å². The normalized spacial score (nSPS) is 9.75. The molecule has 0 aromatic carbocycles. The summed E-state index contributed by atoms with van der Waals surface area (Å²) in [4.78, 5) is 26.4. The Balaban J connectivity index is 3.17. The van der Waals surface area contributed by atoms with Gasteiger partial charge in [0.15, 0.2) is 5.69 Å². The minimum Gasteiger partial charge on any atom is -0.476 e. The maximum Gasteiger partial charge on any atom is 0.371 e. The highest BCUT2D eigenvalue weighted by Gasteiger charge is 2.16. The van der Waals surface area contributed by atoms with E-state index in [1.165, 1.54) is 6.92 Å². The van der Waals surface area contributed by atoms with Gasteiger partial charge < -0.3 is 15.2 Å². The Labute approximate surface area is 66.9 Å². The number of nitrogens with one attached hydrogen (secondary N) is 1. The van der Waals surface area contributed by atoms with Gasteiger partial charge in [0.05, 0.1) is 0 Å². The Bertz CT molecular complexity index is 341. The average molecular weight is 170 g/mol. The Morgan fingerprint density at radius 2 is 1.92 bits per heavy atom. The van der Waals surface area contributed by atoms with Crippen molar-refractivity contribution in [2.24, 2.45) is 0 Å². The van der Waals surface area contributed by atoms with E-state index in [4.69, 9.17) is 10.2 Å². The lowest BCUT2D eigenvalue weighted by Crippen LogP contribution is -2.01. The summed E-state index contributed by atoms with van der Waals surface area (Å²) in [5.41, 5.74) is -0.0210. The lowest BCUT2D eigenvalue weighted by molar-refractivity contribution is 0.0684. The quantitative estimate of drug-likeness (QED) is 0.584. The molecule has 12 heavy (non-hydrogen) atoms. The molecule has 1 aromatic heterocycles. The molecule has 0 spiro atoms. The molecule has 0 atom stereocenters. The number of hydrogen-bond donors (Lipinski definition) is 3. The van der Waals surface area contributed by atoms with E-state index < -0.39 is 11.9 Å². The van der Waals surface area contributed by atoms with Crippen molar-refractivity contribution in [1.82, 2.24) is 9.97 Å². The van der Waals surface area contributed by atoms with Crippen molar-refractivity contribution in [3.05, 3.63) is 17.2 Å². The molecule has 0 saturated carbocycles. The summed E-state index contributed by atoms with van der Waals surface area (Å²) in [6.07, 6.45) is 0. The van der Waals surface area contributed by atoms with Gasteiger partial charge in [-0.1, -0.05) is 0 Å². The molecule has 1 heterocycles. The molecule has 1 aromatic rings. The summed E-state index contributed by atoms with van der Waals surface area (Å²) in [6.45, 7) is 1.45. The van der Waals surface area contributed by atoms with Crippen LogP contribution in [0.2, 0.25) is 0 Å². The molecule has 0 unspecified atom stereocenters. The van der Waals surface area contributed by atoms with Crippen LogP contribution in [-0.2, 0) is 0 Å². The van der Waals surface area contributed by atoms with E-state index in [0.717, 1.165) is 0 Å². The van der Waals surface area contributed by atoms with Crippen molar-refractivity contribution in [3.63, 3.8) is 0 Å². The summed E-state index contributed by atoms with van der Waals surface area (Å²) in [5, 5.41) is 16.9. The number of imidazole rings is 1. The maximum atomic E-state index is 10.4. The van der Waals surface area contributed by atoms with Crippen molar-refractivity contribution in [3.8, 4) is 0 Å². The number of rotatable bonds is 2. The first-order valence-electron chi connectivity index (χ1n) is 3.05. The summed E-state index contributed by atoms with van der Waals surface area (Å²) in [5.74, 6) is -2.87. The molecule has 0 aliphatic rings. The van der Waals surface area contributed by atoms with E-state index in [0.29, 0.717) is 0 Å². The highest BCUT2D eigenvalue weighted by atomic mass is 16.4. The van der Waals surface area contributed by atoms with E-state index >= 15 is 0 Å². The fourth-order valence-corrected chi connectivity index (χ4v) is 0.770. The molecule has 1 rings (SSSR count). The number of aryl methyl sites for hydroxylation is 1. The van der Waals surface area contributed by atoms with Gasteiger partial charge in [-0.25, -0.2) is 14.6 Å². The number of aromatic amines is 1. The van der Waals surface area contributed by atoms with Gasteiger partial charge in [-0.3, -0.25) is 0 Å². The van der Waals surface area contributed by atoms with Crippen LogP contribution in [0.15, 0.2) is 0 Å². The van der Waals surface area contributed by atoms with Crippen LogP contribution in [0.5, 0.6) is 0 Å². The van der Waals surface area contributed by atoms with Crippen molar-refractivity contribution >= 4 is 11.9 Å². The fraction of sp³-hybridized carbons (Fsp3) is 0.167. The second kappa shape index (κ2) is 2.65. The molecule has 0 amide bonds. The molecule has 0 fully saturated rings. The van der Waals surface area contributed by atoms with Crippen LogP contribution in [0.3, 0.4) is 0 Å². The van der Waals surface area contributed by atoms with E-state index in [2.05, 4.69) is 9.97 Å². The van der Waals surface area contributed by atoms with Crippen LogP contribution < -0.4 is 0 Å². The zero-order valence-electron chi connectivity index (χ0n) is 6.16. The molecule has 0 radical (unpaired) electrons.